The maximum atomic E-state index is 13.2. The Balaban J connectivity index is 1.61. The van der Waals surface area contributed by atoms with Gasteiger partial charge in [-0.1, -0.05) is 35.5 Å². The molecule has 1 aromatic carbocycles. The van der Waals surface area contributed by atoms with Crippen LogP contribution in [-0.2, 0) is 6.54 Å². The van der Waals surface area contributed by atoms with Crippen molar-refractivity contribution in [2.75, 3.05) is 6.54 Å². The van der Waals surface area contributed by atoms with E-state index in [1.165, 1.54) is 0 Å². The summed E-state index contributed by atoms with van der Waals surface area (Å²) in [4.78, 5) is 19.7. The Morgan fingerprint density at radius 1 is 1.26 bits per heavy atom. The molecular formula is C21H24N4O2. The van der Waals surface area contributed by atoms with E-state index in [1.807, 2.05) is 55.1 Å². The second-order valence-corrected chi connectivity index (χ2v) is 7.01. The molecule has 0 radical (unpaired) electrons. The van der Waals surface area contributed by atoms with Gasteiger partial charge in [-0.3, -0.25) is 4.79 Å². The van der Waals surface area contributed by atoms with Gasteiger partial charge in [0, 0.05) is 30.0 Å². The second-order valence-electron chi connectivity index (χ2n) is 7.01. The molecule has 1 aliphatic rings. The number of amides is 1. The highest BCUT2D eigenvalue weighted by molar-refractivity contribution is 5.96. The Hall–Kier alpha value is -2.89. The van der Waals surface area contributed by atoms with Crippen LogP contribution in [0.5, 0.6) is 0 Å². The number of aromatic nitrogens is 3. The molecule has 6 nitrogen and oxygen atoms in total. The van der Waals surface area contributed by atoms with Gasteiger partial charge in [0.25, 0.3) is 5.91 Å². The Kier molecular flexibility index (Phi) is 4.56. The molecule has 1 aliphatic heterocycles. The highest BCUT2D eigenvalue weighted by Crippen LogP contribution is 2.34. The lowest BCUT2D eigenvalue weighted by Gasteiger charge is -2.22. The standard InChI is InChI=1S/C21H24N4O2/c1-4-24-14(2)13-17(15(24)3)21(26)25-12-8-11-18(25)20-22-19(23-27-20)16-9-6-5-7-10-16/h5-7,9-10,13,18H,4,8,11-12H2,1-3H3/t18-/m1/s1. The Morgan fingerprint density at radius 2 is 2.04 bits per heavy atom. The van der Waals surface area contributed by atoms with Crippen molar-refractivity contribution >= 4 is 5.91 Å². The van der Waals surface area contributed by atoms with Crippen molar-refractivity contribution in [3.63, 3.8) is 0 Å². The lowest BCUT2D eigenvalue weighted by atomic mass is 10.1. The van der Waals surface area contributed by atoms with E-state index in [9.17, 15) is 4.79 Å². The molecule has 140 valence electrons. The number of likely N-dealkylation sites (tertiary alicyclic amines) is 1. The van der Waals surface area contributed by atoms with E-state index in [4.69, 9.17) is 4.52 Å². The molecule has 2 aromatic heterocycles. The minimum atomic E-state index is -0.160. The van der Waals surface area contributed by atoms with Crippen LogP contribution in [0, 0.1) is 13.8 Å². The Bertz CT molecular complexity index is 958. The normalized spacial score (nSPS) is 16.9. The van der Waals surface area contributed by atoms with E-state index in [0.29, 0.717) is 18.3 Å². The third-order valence-corrected chi connectivity index (χ3v) is 5.39. The first-order valence-electron chi connectivity index (χ1n) is 9.47. The molecule has 3 aromatic rings. The monoisotopic (exact) mass is 364 g/mol. The largest absolute Gasteiger partial charge is 0.349 e. The van der Waals surface area contributed by atoms with E-state index >= 15 is 0 Å². The van der Waals surface area contributed by atoms with Crippen LogP contribution in [-0.4, -0.2) is 32.1 Å². The molecule has 4 rings (SSSR count). The lowest BCUT2D eigenvalue weighted by Crippen LogP contribution is -2.31. The van der Waals surface area contributed by atoms with E-state index in [2.05, 4.69) is 21.6 Å². The van der Waals surface area contributed by atoms with Gasteiger partial charge in [-0.25, -0.2) is 0 Å². The number of carbonyl (C=O) groups is 1. The first kappa shape index (κ1) is 17.5. The molecule has 0 saturated carbocycles. The van der Waals surface area contributed by atoms with Crippen LogP contribution in [0.3, 0.4) is 0 Å². The lowest BCUT2D eigenvalue weighted by molar-refractivity contribution is 0.0709. The van der Waals surface area contributed by atoms with Crippen molar-refractivity contribution < 1.29 is 9.32 Å². The quantitative estimate of drug-likeness (QED) is 0.697. The van der Waals surface area contributed by atoms with Crippen molar-refractivity contribution in [3.8, 4) is 11.4 Å². The maximum absolute atomic E-state index is 13.2. The van der Waals surface area contributed by atoms with Crippen LogP contribution in [0.4, 0.5) is 0 Å². The first-order valence-corrected chi connectivity index (χ1v) is 9.47. The molecule has 6 heteroatoms. The molecule has 1 atom stereocenters. The Morgan fingerprint density at radius 3 is 2.74 bits per heavy atom. The number of hydrogen-bond donors (Lipinski definition) is 0. The van der Waals surface area contributed by atoms with Gasteiger partial charge in [0.05, 0.1) is 5.56 Å². The SMILES string of the molecule is CCn1c(C)cc(C(=O)N2CCC[C@@H]2c2nc(-c3ccccc3)no2)c1C. The predicted molar refractivity (Wildman–Crippen MR) is 102 cm³/mol. The Labute approximate surface area is 158 Å². The van der Waals surface area contributed by atoms with Gasteiger partial charge in [-0.2, -0.15) is 4.98 Å². The third-order valence-electron chi connectivity index (χ3n) is 5.39. The number of nitrogens with zero attached hydrogens (tertiary/aromatic N) is 4. The average Bonchev–Trinajstić information content (AvgIpc) is 3.40. The van der Waals surface area contributed by atoms with E-state index in [1.54, 1.807) is 0 Å². The van der Waals surface area contributed by atoms with Crippen LogP contribution < -0.4 is 0 Å². The summed E-state index contributed by atoms with van der Waals surface area (Å²) >= 11 is 0. The highest BCUT2D eigenvalue weighted by atomic mass is 16.5. The van der Waals surface area contributed by atoms with E-state index < -0.39 is 0 Å². The zero-order chi connectivity index (χ0) is 19.0. The zero-order valence-electron chi connectivity index (χ0n) is 16.0. The molecule has 1 amide bonds. The van der Waals surface area contributed by atoms with Gasteiger partial charge in [0.15, 0.2) is 0 Å². The van der Waals surface area contributed by atoms with Gasteiger partial charge in [0.1, 0.15) is 6.04 Å². The molecule has 0 aliphatic carbocycles. The van der Waals surface area contributed by atoms with Gasteiger partial charge >= 0.3 is 0 Å². The highest BCUT2D eigenvalue weighted by Gasteiger charge is 2.35. The van der Waals surface area contributed by atoms with E-state index in [-0.39, 0.29) is 11.9 Å². The molecular weight excluding hydrogens is 340 g/mol. The second kappa shape index (κ2) is 7.02. The van der Waals surface area contributed by atoms with Crippen LogP contribution in [0.2, 0.25) is 0 Å². The van der Waals surface area contributed by atoms with Crippen molar-refractivity contribution in [2.45, 2.75) is 46.2 Å². The number of benzene rings is 1. The topological polar surface area (TPSA) is 64.2 Å². The zero-order valence-corrected chi connectivity index (χ0v) is 16.0. The fourth-order valence-electron chi connectivity index (χ4n) is 4.00. The first-order chi connectivity index (χ1) is 13.1. The summed E-state index contributed by atoms with van der Waals surface area (Å²) in [5.41, 5.74) is 3.80. The number of hydrogen-bond acceptors (Lipinski definition) is 4. The molecule has 0 unspecified atom stereocenters. The minimum absolute atomic E-state index is 0.0461. The maximum Gasteiger partial charge on any atom is 0.256 e. The fraction of sp³-hybridized carbons (Fsp3) is 0.381. The number of carbonyl (C=O) groups excluding carboxylic acids is 1. The molecule has 3 heterocycles. The van der Waals surface area contributed by atoms with Crippen LogP contribution in [0.25, 0.3) is 11.4 Å². The molecule has 0 N–H and O–H groups in total. The van der Waals surface area contributed by atoms with Gasteiger partial charge in [0.2, 0.25) is 11.7 Å². The fourth-order valence-corrected chi connectivity index (χ4v) is 4.00. The molecule has 27 heavy (non-hydrogen) atoms. The average molecular weight is 364 g/mol. The predicted octanol–water partition coefficient (Wildman–Crippen LogP) is 4.15. The summed E-state index contributed by atoms with van der Waals surface area (Å²) in [6.45, 7) is 7.71. The van der Waals surface area contributed by atoms with E-state index in [0.717, 1.165) is 41.9 Å². The van der Waals surface area contributed by atoms with Gasteiger partial charge in [-0.05, 0) is 39.7 Å². The molecule has 1 fully saturated rings. The summed E-state index contributed by atoms with van der Waals surface area (Å²) in [5.74, 6) is 1.13. The van der Waals surface area contributed by atoms with Crippen molar-refractivity contribution in [2.24, 2.45) is 0 Å². The minimum Gasteiger partial charge on any atom is -0.349 e. The summed E-state index contributed by atoms with van der Waals surface area (Å²) in [5, 5.41) is 4.12. The third kappa shape index (κ3) is 3.05. The van der Waals surface area contributed by atoms with Crippen molar-refractivity contribution in [1.29, 1.82) is 0 Å². The van der Waals surface area contributed by atoms with Crippen LogP contribution in [0.15, 0.2) is 40.9 Å². The molecule has 1 saturated heterocycles. The number of aryl methyl sites for hydroxylation is 1. The van der Waals surface area contributed by atoms with Crippen molar-refractivity contribution in [3.05, 3.63) is 59.2 Å². The summed E-state index contributed by atoms with van der Waals surface area (Å²) in [6, 6.07) is 11.6. The van der Waals surface area contributed by atoms with Crippen LogP contribution in [0.1, 0.15) is 53.4 Å². The molecule has 0 bridgehead atoms. The summed E-state index contributed by atoms with van der Waals surface area (Å²) in [7, 11) is 0. The smallest absolute Gasteiger partial charge is 0.256 e. The number of rotatable bonds is 4. The van der Waals surface area contributed by atoms with Crippen molar-refractivity contribution in [1.82, 2.24) is 19.6 Å². The van der Waals surface area contributed by atoms with Gasteiger partial charge in [-0.15, -0.1) is 0 Å². The van der Waals surface area contributed by atoms with Gasteiger partial charge < -0.3 is 14.0 Å². The van der Waals surface area contributed by atoms with Crippen LogP contribution >= 0.6 is 0 Å². The summed E-state index contributed by atoms with van der Waals surface area (Å²) < 4.78 is 7.70. The molecule has 0 spiro atoms. The summed E-state index contributed by atoms with van der Waals surface area (Å²) in [6.07, 6.45) is 1.78.